The van der Waals surface area contributed by atoms with Crippen LogP contribution in [0.2, 0.25) is 0 Å². The van der Waals surface area contributed by atoms with E-state index in [0.717, 1.165) is 16.7 Å². The Balaban J connectivity index is 1.76. The summed E-state index contributed by atoms with van der Waals surface area (Å²) >= 11 is 0. The number of rotatable bonds is 7. The first-order valence-corrected chi connectivity index (χ1v) is 9.45. The van der Waals surface area contributed by atoms with Crippen LogP contribution in [0.5, 0.6) is 5.75 Å². The van der Waals surface area contributed by atoms with E-state index in [4.69, 9.17) is 4.74 Å². The molecule has 0 bridgehead atoms. The van der Waals surface area contributed by atoms with E-state index in [1.54, 1.807) is 13.2 Å². The number of fused-ring (bicyclic) bond motifs is 1. The maximum Gasteiger partial charge on any atom is 0.275 e. The van der Waals surface area contributed by atoms with E-state index < -0.39 is 0 Å². The average molecular weight is 394 g/mol. The van der Waals surface area contributed by atoms with Crippen LogP contribution in [0.4, 0.5) is 0 Å². The molecule has 29 heavy (non-hydrogen) atoms. The number of nitrogens with one attached hydrogen (secondary N) is 1. The van der Waals surface area contributed by atoms with Crippen LogP contribution in [0.15, 0.2) is 53.3 Å². The minimum absolute atomic E-state index is 0.0712. The van der Waals surface area contributed by atoms with Crippen LogP contribution in [0.1, 0.15) is 17.3 Å². The Kier molecular flexibility index (Phi) is 6.29. The fourth-order valence-corrected chi connectivity index (χ4v) is 3.43. The third-order valence-corrected chi connectivity index (χ3v) is 4.96. The van der Waals surface area contributed by atoms with E-state index in [-0.39, 0.29) is 24.1 Å². The number of ether oxygens (including phenoxy) is 1. The number of hydrogen-bond acceptors (Lipinski definition) is 5. The topological polar surface area (TPSA) is 76.5 Å². The number of aromatic nitrogens is 2. The first-order chi connectivity index (χ1) is 13.9. The quantitative estimate of drug-likeness (QED) is 0.664. The number of nitrogens with zero attached hydrogens (tertiary/aromatic N) is 3. The van der Waals surface area contributed by atoms with Crippen LogP contribution in [0.3, 0.4) is 0 Å². The predicted molar refractivity (Wildman–Crippen MR) is 113 cm³/mol. The second-order valence-corrected chi connectivity index (χ2v) is 7.12. The van der Waals surface area contributed by atoms with Crippen LogP contribution in [-0.2, 0) is 11.3 Å². The Hall–Kier alpha value is -3.19. The summed E-state index contributed by atoms with van der Waals surface area (Å²) < 4.78 is 6.68. The lowest BCUT2D eigenvalue weighted by molar-refractivity contribution is -0.122. The van der Waals surface area contributed by atoms with Crippen molar-refractivity contribution >= 4 is 16.7 Å². The van der Waals surface area contributed by atoms with E-state index in [1.807, 2.05) is 68.4 Å². The van der Waals surface area contributed by atoms with E-state index >= 15 is 0 Å². The summed E-state index contributed by atoms with van der Waals surface area (Å²) in [5.41, 5.74) is 1.43. The van der Waals surface area contributed by atoms with E-state index in [1.165, 1.54) is 4.68 Å². The number of carbonyl (C=O) groups is 1. The van der Waals surface area contributed by atoms with Crippen molar-refractivity contribution in [1.29, 1.82) is 0 Å². The normalized spacial score (nSPS) is 12.2. The van der Waals surface area contributed by atoms with Crippen LogP contribution in [0, 0.1) is 6.92 Å². The molecule has 2 aromatic carbocycles. The second kappa shape index (κ2) is 8.87. The number of carbonyl (C=O) groups excluding carboxylic acids is 1. The van der Waals surface area contributed by atoms with Gasteiger partial charge in [0.25, 0.3) is 5.56 Å². The number of hydrogen-bond donors (Lipinski definition) is 1. The Bertz CT molecular complexity index is 1080. The molecule has 0 aliphatic rings. The predicted octanol–water partition coefficient (Wildman–Crippen LogP) is 2.13. The largest absolute Gasteiger partial charge is 0.496 e. The van der Waals surface area contributed by atoms with Gasteiger partial charge in [0.1, 0.15) is 12.3 Å². The number of benzene rings is 2. The zero-order valence-electron chi connectivity index (χ0n) is 17.2. The van der Waals surface area contributed by atoms with Crippen molar-refractivity contribution in [2.75, 3.05) is 27.7 Å². The lowest BCUT2D eigenvalue weighted by Gasteiger charge is -2.26. The van der Waals surface area contributed by atoms with Crippen molar-refractivity contribution in [3.8, 4) is 5.75 Å². The van der Waals surface area contributed by atoms with Crippen LogP contribution in [0.25, 0.3) is 10.8 Å². The molecule has 1 N–H and O–H groups in total. The third kappa shape index (κ3) is 4.46. The molecule has 0 radical (unpaired) electrons. The summed E-state index contributed by atoms with van der Waals surface area (Å²) in [5, 5.41) is 8.59. The second-order valence-electron chi connectivity index (χ2n) is 7.12. The lowest BCUT2D eigenvalue weighted by atomic mass is 10.0. The van der Waals surface area contributed by atoms with E-state index in [9.17, 15) is 9.59 Å². The molecule has 1 unspecified atom stereocenters. The molecule has 1 amide bonds. The van der Waals surface area contributed by atoms with Crippen molar-refractivity contribution in [1.82, 2.24) is 20.0 Å². The highest BCUT2D eigenvalue weighted by Crippen LogP contribution is 2.27. The monoisotopic (exact) mass is 394 g/mol. The first-order valence-electron chi connectivity index (χ1n) is 9.45. The molecule has 0 saturated carbocycles. The zero-order chi connectivity index (χ0) is 21.0. The summed E-state index contributed by atoms with van der Waals surface area (Å²) in [4.78, 5) is 27.2. The maximum absolute atomic E-state index is 12.7. The molecule has 0 saturated heterocycles. The average Bonchev–Trinajstić information content (AvgIpc) is 2.72. The van der Waals surface area contributed by atoms with Crippen LogP contribution >= 0.6 is 0 Å². The first kappa shape index (κ1) is 20.5. The number of methoxy groups -OCH3 is 1. The van der Waals surface area contributed by atoms with Gasteiger partial charge >= 0.3 is 0 Å². The Labute approximate surface area is 169 Å². The Morgan fingerprint density at radius 1 is 1.14 bits per heavy atom. The fourth-order valence-electron chi connectivity index (χ4n) is 3.43. The van der Waals surface area contributed by atoms with Crippen molar-refractivity contribution < 1.29 is 9.53 Å². The highest BCUT2D eigenvalue weighted by atomic mass is 16.5. The van der Waals surface area contributed by atoms with Gasteiger partial charge in [0, 0.05) is 17.5 Å². The lowest BCUT2D eigenvalue weighted by Crippen LogP contribution is -2.38. The minimum Gasteiger partial charge on any atom is -0.496 e. The van der Waals surface area contributed by atoms with Crippen molar-refractivity contribution in [3.05, 3.63) is 70.1 Å². The van der Waals surface area contributed by atoms with Gasteiger partial charge in [-0.25, -0.2) is 4.68 Å². The molecule has 0 aliphatic carbocycles. The summed E-state index contributed by atoms with van der Waals surface area (Å²) in [5.74, 6) is 0.500. The molecule has 152 valence electrons. The van der Waals surface area contributed by atoms with Crippen molar-refractivity contribution in [3.63, 3.8) is 0 Å². The Morgan fingerprint density at radius 2 is 1.79 bits per heavy atom. The van der Waals surface area contributed by atoms with Gasteiger partial charge in [0.05, 0.1) is 24.2 Å². The molecule has 0 spiro atoms. The number of amides is 1. The standard InChI is InChI=1S/C22H26N4O3/c1-15-16-9-5-6-10-17(16)22(28)26(24-15)14-21(27)23-13-19(25(2)3)18-11-7-8-12-20(18)29-4/h5-12,19H,13-14H2,1-4H3,(H,23,27). The minimum atomic E-state index is -0.268. The fraction of sp³-hybridized carbons (Fsp3) is 0.318. The highest BCUT2D eigenvalue weighted by Gasteiger charge is 2.19. The zero-order valence-corrected chi connectivity index (χ0v) is 17.2. The SMILES string of the molecule is COc1ccccc1C(CNC(=O)Cn1nc(C)c2ccccc2c1=O)N(C)C. The van der Waals surface area contributed by atoms with Gasteiger partial charge in [0.2, 0.25) is 5.91 Å². The molecule has 0 aliphatic heterocycles. The van der Waals surface area contributed by atoms with Gasteiger partial charge in [-0.1, -0.05) is 36.4 Å². The van der Waals surface area contributed by atoms with E-state index in [0.29, 0.717) is 17.6 Å². The number of aryl methyl sites for hydroxylation is 1. The molecule has 3 aromatic rings. The van der Waals surface area contributed by atoms with Gasteiger partial charge in [-0.3, -0.25) is 9.59 Å². The number of likely N-dealkylation sites (N-methyl/N-ethyl adjacent to an activating group) is 1. The van der Waals surface area contributed by atoms with Crippen LogP contribution < -0.4 is 15.6 Å². The van der Waals surface area contributed by atoms with Crippen molar-refractivity contribution in [2.45, 2.75) is 19.5 Å². The molecule has 1 atom stereocenters. The van der Waals surface area contributed by atoms with E-state index in [2.05, 4.69) is 10.4 Å². The summed E-state index contributed by atoms with van der Waals surface area (Å²) in [6, 6.07) is 14.9. The highest BCUT2D eigenvalue weighted by molar-refractivity contribution is 5.83. The van der Waals surface area contributed by atoms with Gasteiger partial charge < -0.3 is 15.0 Å². The molecule has 0 fully saturated rings. The van der Waals surface area contributed by atoms with Gasteiger partial charge in [-0.05, 0) is 33.2 Å². The maximum atomic E-state index is 12.7. The molecule has 1 heterocycles. The smallest absolute Gasteiger partial charge is 0.275 e. The molecule has 7 heteroatoms. The molecular weight excluding hydrogens is 368 g/mol. The molecule has 7 nitrogen and oxygen atoms in total. The molecule has 1 aromatic heterocycles. The summed E-state index contributed by atoms with van der Waals surface area (Å²) in [7, 11) is 5.52. The number of para-hydroxylation sites is 1. The van der Waals surface area contributed by atoms with Gasteiger partial charge in [-0.2, -0.15) is 5.10 Å². The van der Waals surface area contributed by atoms with Gasteiger partial charge in [0.15, 0.2) is 0 Å². The van der Waals surface area contributed by atoms with Crippen molar-refractivity contribution in [2.24, 2.45) is 0 Å². The van der Waals surface area contributed by atoms with Gasteiger partial charge in [-0.15, -0.1) is 0 Å². The molecule has 3 rings (SSSR count). The van der Waals surface area contributed by atoms with Crippen LogP contribution in [-0.4, -0.2) is 48.3 Å². The Morgan fingerprint density at radius 3 is 2.48 bits per heavy atom. The third-order valence-electron chi connectivity index (χ3n) is 4.96. The molecular formula is C22H26N4O3. The summed E-state index contributed by atoms with van der Waals surface area (Å²) in [6.45, 7) is 2.09. The summed E-state index contributed by atoms with van der Waals surface area (Å²) in [6.07, 6.45) is 0.